The molecule has 0 bridgehead atoms. The van der Waals surface area contributed by atoms with E-state index in [1.165, 1.54) is 12.1 Å². The third-order valence-electron chi connectivity index (χ3n) is 6.78. The largest absolute Gasteiger partial charge is 0.390 e. The standard InChI is InChI=1S/C26H34F2N2O5S/c1-2-16-5-6-18-14-36(33,34)15-23(21(18)10-16)29-13-24(31)22(30-26(32)25-4-3-7-35-25)11-17-8-19(27)12-20(28)9-17/h5-6,8-10,12,22-25,29,31,33-34H,2-4,7,11,13-15H2,1H3,(H,30,32)/t22-,23-,24-,25?/m0/s1. The second-order valence-corrected chi connectivity index (χ2v) is 11.9. The van der Waals surface area contributed by atoms with Crippen molar-refractivity contribution in [3.63, 3.8) is 0 Å². The SMILES string of the molecule is CCc1ccc2c(c1)[C@@H](NC[C@H](O)[C@H](Cc1cc(F)cc(F)c1)NC(=O)C1CCCO1)CS(O)(O)C2. The molecule has 0 saturated carbocycles. The predicted octanol–water partition coefficient (Wildman–Crippen LogP) is 3.69. The summed E-state index contributed by atoms with van der Waals surface area (Å²) in [7, 11) is -2.83. The zero-order valence-electron chi connectivity index (χ0n) is 20.3. The maximum atomic E-state index is 13.8. The van der Waals surface area contributed by atoms with Crippen molar-refractivity contribution in [3.8, 4) is 0 Å². The van der Waals surface area contributed by atoms with E-state index >= 15 is 0 Å². The zero-order valence-corrected chi connectivity index (χ0v) is 21.1. The number of fused-ring (bicyclic) bond motifs is 1. The Bertz CT molecular complexity index is 1060. The molecular formula is C26H34F2N2O5S. The summed E-state index contributed by atoms with van der Waals surface area (Å²) in [5, 5.41) is 17.1. The van der Waals surface area contributed by atoms with Crippen LogP contribution in [-0.2, 0) is 28.1 Å². The molecule has 198 valence electrons. The van der Waals surface area contributed by atoms with Crippen molar-refractivity contribution < 1.29 is 32.5 Å². The van der Waals surface area contributed by atoms with Gasteiger partial charge in [-0.25, -0.2) is 8.78 Å². The van der Waals surface area contributed by atoms with Gasteiger partial charge in [0.2, 0.25) is 5.91 Å². The van der Waals surface area contributed by atoms with Crippen molar-refractivity contribution in [3.05, 3.63) is 70.3 Å². The van der Waals surface area contributed by atoms with Gasteiger partial charge in [0.25, 0.3) is 0 Å². The quantitative estimate of drug-likeness (QED) is 0.342. The van der Waals surface area contributed by atoms with Crippen LogP contribution in [0, 0.1) is 11.6 Å². The summed E-state index contributed by atoms with van der Waals surface area (Å²) in [6.45, 7) is 2.54. The van der Waals surface area contributed by atoms with Crippen molar-refractivity contribution in [2.75, 3.05) is 18.9 Å². The van der Waals surface area contributed by atoms with Gasteiger partial charge in [0.15, 0.2) is 0 Å². The molecule has 7 nitrogen and oxygen atoms in total. The van der Waals surface area contributed by atoms with Crippen LogP contribution >= 0.6 is 10.6 Å². The topological polar surface area (TPSA) is 111 Å². The lowest BCUT2D eigenvalue weighted by Gasteiger charge is -2.42. The lowest BCUT2D eigenvalue weighted by atomic mass is 9.97. The highest BCUT2D eigenvalue weighted by atomic mass is 32.3. The summed E-state index contributed by atoms with van der Waals surface area (Å²) < 4.78 is 54.0. The number of nitrogens with one attached hydrogen (secondary N) is 2. The molecule has 4 rings (SSSR count). The minimum atomic E-state index is -2.83. The molecule has 2 aliphatic rings. The number of aliphatic hydroxyl groups is 1. The monoisotopic (exact) mass is 524 g/mol. The number of aliphatic hydroxyl groups excluding tert-OH is 1. The van der Waals surface area contributed by atoms with E-state index in [4.69, 9.17) is 4.74 Å². The third kappa shape index (κ3) is 6.81. The highest BCUT2D eigenvalue weighted by molar-refractivity contribution is 8.23. The Morgan fingerprint density at radius 1 is 1.17 bits per heavy atom. The molecule has 0 aliphatic carbocycles. The van der Waals surface area contributed by atoms with E-state index in [0.29, 0.717) is 18.6 Å². The van der Waals surface area contributed by atoms with Crippen molar-refractivity contribution >= 4 is 16.5 Å². The van der Waals surface area contributed by atoms with Crippen LogP contribution < -0.4 is 10.6 Å². The maximum Gasteiger partial charge on any atom is 0.249 e. The van der Waals surface area contributed by atoms with E-state index in [2.05, 4.69) is 10.6 Å². The van der Waals surface area contributed by atoms with Gasteiger partial charge in [0, 0.05) is 19.2 Å². The summed E-state index contributed by atoms with van der Waals surface area (Å²) in [5.74, 6) is -1.55. The van der Waals surface area contributed by atoms with Crippen LogP contribution in [-0.4, -0.2) is 57.3 Å². The number of rotatable bonds is 9. The number of benzene rings is 2. The molecule has 1 amide bonds. The highest BCUT2D eigenvalue weighted by Crippen LogP contribution is 2.50. The first-order chi connectivity index (χ1) is 17.1. The molecule has 2 aromatic rings. The Labute approximate surface area is 211 Å². The second kappa shape index (κ2) is 11.5. The normalized spacial score (nSPS) is 23.5. The number of carbonyl (C=O) groups is 1. The molecule has 0 radical (unpaired) electrons. The first-order valence-electron chi connectivity index (χ1n) is 12.3. The van der Waals surface area contributed by atoms with E-state index in [1.807, 2.05) is 25.1 Å². The van der Waals surface area contributed by atoms with Crippen LogP contribution in [0.5, 0.6) is 0 Å². The molecule has 5 N–H and O–H groups in total. The predicted molar refractivity (Wildman–Crippen MR) is 135 cm³/mol. The second-order valence-electron chi connectivity index (χ2n) is 9.63. The van der Waals surface area contributed by atoms with E-state index < -0.39 is 46.5 Å². The lowest BCUT2D eigenvalue weighted by molar-refractivity contribution is -0.131. The van der Waals surface area contributed by atoms with Crippen LogP contribution in [0.4, 0.5) is 8.78 Å². The maximum absolute atomic E-state index is 13.8. The molecule has 0 spiro atoms. The summed E-state index contributed by atoms with van der Waals surface area (Å²) in [6.07, 6.45) is 0.422. The van der Waals surface area contributed by atoms with Gasteiger partial charge in [-0.1, -0.05) is 25.1 Å². The molecular weight excluding hydrogens is 490 g/mol. The number of aryl methyl sites for hydroxylation is 1. The number of hydrogen-bond acceptors (Lipinski definition) is 6. The van der Waals surface area contributed by atoms with E-state index in [9.17, 15) is 27.8 Å². The fourth-order valence-corrected chi connectivity index (χ4v) is 6.60. The number of halogens is 2. The number of hydrogen-bond donors (Lipinski definition) is 5. The van der Waals surface area contributed by atoms with Gasteiger partial charge in [-0.05, 0) is 60.1 Å². The van der Waals surface area contributed by atoms with E-state index in [-0.39, 0.29) is 30.4 Å². The number of ether oxygens (including phenoxy) is 1. The zero-order chi connectivity index (χ0) is 25.9. The molecule has 1 fully saturated rings. The lowest BCUT2D eigenvalue weighted by Crippen LogP contribution is -2.52. The van der Waals surface area contributed by atoms with Crippen LogP contribution in [0.15, 0.2) is 36.4 Å². The van der Waals surface area contributed by atoms with Gasteiger partial charge < -0.3 is 20.5 Å². The number of carbonyl (C=O) groups excluding carboxylic acids is 1. The summed E-state index contributed by atoms with van der Waals surface area (Å²) in [5.41, 5.74) is 3.23. The van der Waals surface area contributed by atoms with Gasteiger partial charge in [-0.2, -0.15) is 10.6 Å². The fourth-order valence-electron chi connectivity index (χ4n) is 4.89. The average Bonchev–Trinajstić information content (AvgIpc) is 3.35. The molecule has 36 heavy (non-hydrogen) atoms. The average molecular weight is 525 g/mol. The van der Waals surface area contributed by atoms with Crippen molar-refractivity contribution in [1.82, 2.24) is 10.6 Å². The van der Waals surface area contributed by atoms with Gasteiger partial charge in [-0.3, -0.25) is 13.9 Å². The Morgan fingerprint density at radius 2 is 1.92 bits per heavy atom. The highest BCUT2D eigenvalue weighted by Gasteiger charge is 2.32. The smallest absolute Gasteiger partial charge is 0.249 e. The van der Waals surface area contributed by atoms with E-state index in [1.54, 1.807) is 0 Å². The Hall–Kier alpha value is -2.08. The van der Waals surface area contributed by atoms with Crippen molar-refractivity contribution in [1.29, 1.82) is 0 Å². The van der Waals surface area contributed by atoms with Gasteiger partial charge >= 0.3 is 0 Å². The first kappa shape index (κ1) is 27.0. The fraction of sp³-hybridized carbons (Fsp3) is 0.500. The molecule has 4 atom stereocenters. The number of amides is 1. The Kier molecular flexibility index (Phi) is 8.64. The molecule has 2 aliphatic heterocycles. The summed E-state index contributed by atoms with van der Waals surface area (Å²) in [4.78, 5) is 12.7. The minimum Gasteiger partial charge on any atom is -0.390 e. The van der Waals surface area contributed by atoms with Gasteiger partial charge in [-0.15, -0.1) is 0 Å². The van der Waals surface area contributed by atoms with Crippen LogP contribution in [0.2, 0.25) is 0 Å². The van der Waals surface area contributed by atoms with Crippen LogP contribution in [0.3, 0.4) is 0 Å². The summed E-state index contributed by atoms with van der Waals surface area (Å²) in [6, 6.07) is 7.80. The molecule has 1 unspecified atom stereocenters. The molecule has 10 heteroatoms. The first-order valence-corrected chi connectivity index (χ1v) is 14.2. The van der Waals surface area contributed by atoms with Crippen molar-refractivity contribution in [2.24, 2.45) is 0 Å². The summed E-state index contributed by atoms with van der Waals surface area (Å²) >= 11 is 0. The molecule has 2 heterocycles. The molecule has 0 aromatic heterocycles. The van der Waals surface area contributed by atoms with Crippen LogP contribution in [0.1, 0.15) is 48.1 Å². The third-order valence-corrected chi connectivity index (χ3v) is 8.42. The Morgan fingerprint density at radius 3 is 2.58 bits per heavy atom. The molecule has 1 saturated heterocycles. The minimum absolute atomic E-state index is 0.00636. The van der Waals surface area contributed by atoms with Crippen molar-refractivity contribution in [2.45, 2.75) is 62.7 Å². The van der Waals surface area contributed by atoms with E-state index in [0.717, 1.165) is 35.6 Å². The Balaban J connectivity index is 1.50. The van der Waals surface area contributed by atoms with Gasteiger partial charge in [0.05, 0.1) is 29.7 Å². The van der Waals surface area contributed by atoms with Gasteiger partial charge in [0.1, 0.15) is 17.7 Å². The molecule has 2 aromatic carbocycles. The van der Waals surface area contributed by atoms with Crippen LogP contribution in [0.25, 0.3) is 0 Å².